The van der Waals surface area contributed by atoms with Crippen LogP contribution in [-0.2, 0) is 11.2 Å². The number of nitriles is 1. The number of nitrogens with zero attached hydrogens (tertiary/aromatic N) is 1. The zero-order valence-corrected chi connectivity index (χ0v) is 11.3. The minimum atomic E-state index is -0.913. The molecule has 2 unspecified atom stereocenters. The van der Waals surface area contributed by atoms with E-state index in [-0.39, 0.29) is 11.9 Å². The molecule has 92 valence electrons. The molecule has 1 rings (SSSR count). The molecule has 1 N–H and O–H groups in total. The largest absolute Gasteiger partial charge is 0.352 e. The number of carbonyl (C=O) groups is 1. The highest BCUT2D eigenvalue weighted by Gasteiger charge is 2.31. The molecular weight excluding hydrogens is 232 g/mol. The number of thiophene rings is 1. The van der Waals surface area contributed by atoms with Gasteiger partial charge in [-0.2, -0.15) is 5.26 Å². The summed E-state index contributed by atoms with van der Waals surface area (Å²) in [6, 6.07) is 6.19. The lowest BCUT2D eigenvalue weighted by atomic mass is 9.88. The lowest BCUT2D eigenvalue weighted by Gasteiger charge is -2.22. The van der Waals surface area contributed by atoms with Crippen LogP contribution in [0.3, 0.4) is 0 Å². The molecule has 0 saturated carbocycles. The second-order valence-corrected chi connectivity index (χ2v) is 5.49. The topological polar surface area (TPSA) is 52.9 Å². The highest BCUT2D eigenvalue weighted by Crippen LogP contribution is 2.20. The van der Waals surface area contributed by atoms with Crippen molar-refractivity contribution in [2.75, 3.05) is 0 Å². The fourth-order valence-electron chi connectivity index (χ4n) is 1.45. The van der Waals surface area contributed by atoms with Crippen LogP contribution in [0.5, 0.6) is 0 Å². The summed E-state index contributed by atoms with van der Waals surface area (Å²) in [6.45, 7) is 5.50. The van der Waals surface area contributed by atoms with Crippen LogP contribution in [0.1, 0.15) is 32.1 Å². The number of carbonyl (C=O) groups excluding carboxylic acids is 1. The van der Waals surface area contributed by atoms with Gasteiger partial charge in [-0.15, -0.1) is 11.3 Å². The third kappa shape index (κ3) is 3.57. The Labute approximate surface area is 106 Å². The smallest absolute Gasteiger partial charge is 0.240 e. The molecule has 1 amide bonds. The average molecular weight is 250 g/mol. The van der Waals surface area contributed by atoms with Crippen LogP contribution in [-0.4, -0.2) is 11.9 Å². The molecule has 1 heterocycles. The Morgan fingerprint density at radius 2 is 2.41 bits per heavy atom. The predicted octanol–water partition coefficient (Wildman–Crippen LogP) is 2.74. The van der Waals surface area contributed by atoms with Gasteiger partial charge < -0.3 is 5.32 Å². The minimum absolute atomic E-state index is 0.0559. The maximum absolute atomic E-state index is 11.9. The van der Waals surface area contributed by atoms with Crippen molar-refractivity contribution < 1.29 is 4.79 Å². The molecule has 0 aliphatic heterocycles. The molecule has 4 heteroatoms. The first kappa shape index (κ1) is 13.7. The van der Waals surface area contributed by atoms with Crippen molar-refractivity contribution in [3.8, 4) is 6.07 Å². The van der Waals surface area contributed by atoms with Crippen molar-refractivity contribution >= 4 is 17.2 Å². The molecule has 0 bridgehead atoms. The maximum Gasteiger partial charge on any atom is 0.240 e. The Hall–Kier alpha value is -1.34. The molecule has 3 nitrogen and oxygen atoms in total. The number of nitrogens with one attached hydrogen (secondary N) is 1. The van der Waals surface area contributed by atoms with E-state index in [9.17, 15) is 4.79 Å². The van der Waals surface area contributed by atoms with Crippen LogP contribution >= 0.6 is 11.3 Å². The summed E-state index contributed by atoms with van der Waals surface area (Å²) in [5, 5.41) is 13.9. The first-order chi connectivity index (χ1) is 8.01. The summed E-state index contributed by atoms with van der Waals surface area (Å²) in [4.78, 5) is 13.2. The third-order valence-electron chi connectivity index (χ3n) is 2.92. The summed E-state index contributed by atoms with van der Waals surface area (Å²) in [5.41, 5.74) is -0.913. The number of rotatable bonds is 5. The van der Waals surface area contributed by atoms with Gasteiger partial charge in [0.2, 0.25) is 5.91 Å². The van der Waals surface area contributed by atoms with E-state index < -0.39 is 5.41 Å². The number of amides is 1. The lowest BCUT2D eigenvalue weighted by Crippen LogP contribution is -2.43. The average Bonchev–Trinajstić information content (AvgIpc) is 2.80. The van der Waals surface area contributed by atoms with Crippen molar-refractivity contribution in [1.82, 2.24) is 5.32 Å². The second-order valence-electron chi connectivity index (χ2n) is 4.46. The molecule has 0 aliphatic rings. The molecule has 2 atom stereocenters. The summed E-state index contributed by atoms with van der Waals surface area (Å²) in [6.07, 6.45) is 1.34. The Bertz CT molecular complexity index is 408. The van der Waals surface area contributed by atoms with Crippen LogP contribution in [0.2, 0.25) is 0 Å². The molecule has 0 aliphatic carbocycles. The van der Waals surface area contributed by atoms with Crippen LogP contribution in [0.15, 0.2) is 17.5 Å². The van der Waals surface area contributed by atoms with E-state index in [0.717, 1.165) is 6.42 Å². The molecule has 0 aromatic carbocycles. The summed E-state index contributed by atoms with van der Waals surface area (Å²) >= 11 is 1.68. The van der Waals surface area contributed by atoms with Gasteiger partial charge in [0.05, 0.1) is 6.07 Å². The van der Waals surface area contributed by atoms with Crippen LogP contribution in [0, 0.1) is 16.7 Å². The highest BCUT2D eigenvalue weighted by molar-refractivity contribution is 7.09. The number of hydrogen-bond donors (Lipinski definition) is 1. The zero-order valence-electron chi connectivity index (χ0n) is 10.5. The SMILES string of the molecule is CCC(C)(C#N)C(=O)NC(C)Cc1cccs1. The van der Waals surface area contributed by atoms with Gasteiger partial charge in [-0.05, 0) is 31.7 Å². The predicted molar refractivity (Wildman–Crippen MR) is 69.6 cm³/mol. The molecular formula is C13H18N2OS. The van der Waals surface area contributed by atoms with Crippen molar-refractivity contribution in [1.29, 1.82) is 5.26 Å². The molecule has 0 radical (unpaired) electrons. The summed E-state index contributed by atoms with van der Waals surface area (Å²) < 4.78 is 0. The molecule has 0 fully saturated rings. The van der Waals surface area contributed by atoms with E-state index in [4.69, 9.17) is 5.26 Å². The monoisotopic (exact) mass is 250 g/mol. The minimum Gasteiger partial charge on any atom is -0.352 e. The molecule has 0 spiro atoms. The molecule has 17 heavy (non-hydrogen) atoms. The number of hydrogen-bond acceptors (Lipinski definition) is 3. The van der Waals surface area contributed by atoms with Crippen molar-refractivity contribution in [3.05, 3.63) is 22.4 Å². The van der Waals surface area contributed by atoms with Gasteiger partial charge in [0.15, 0.2) is 0 Å². The van der Waals surface area contributed by atoms with Gasteiger partial charge >= 0.3 is 0 Å². The van der Waals surface area contributed by atoms with E-state index in [1.807, 2.05) is 25.3 Å². The normalized spacial score (nSPS) is 15.6. The van der Waals surface area contributed by atoms with E-state index >= 15 is 0 Å². The Kier molecular flexibility index (Phi) is 4.71. The van der Waals surface area contributed by atoms with Crippen molar-refractivity contribution in [3.63, 3.8) is 0 Å². The van der Waals surface area contributed by atoms with E-state index in [1.54, 1.807) is 18.3 Å². The van der Waals surface area contributed by atoms with E-state index in [1.165, 1.54) is 4.88 Å². The standard InChI is InChI=1S/C13H18N2OS/c1-4-13(3,9-14)12(16)15-10(2)8-11-6-5-7-17-11/h5-7,10H,4,8H2,1-3H3,(H,15,16). The van der Waals surface area contributed by atoms with Crippen LogP contribution in [0.25, 0.3) is 0 Å². The van der Waals surface area contributed by atoms with Crippen molar-refractivity contribution in [2.24, 2.45) is 5.41 Å². The Balaban J connectivity index is 2.54. The molecule has 0 saturated heterocycles. The van der Waals surface area contributed by atoms with Gasteiger partial charge in [0, 0.05) is 17.3 Å². The molecule has 1 aromatic rings. The van der Waals surface area contributed by atoms with E-state index in [0.29, 0.717) is 6.42 Å². The first-order valence-corrected chi connectivity index (χ1v) is 6.64. The highest BCUT2D eigenvalue weighted by atomic mass is 32.1. The second kappa shape index (κ2) is 5.83. The maximum atomic E-state index is 11.9. The zero-order chi connectivity index (χ0) is 12.9. The summed E-state index contributed by atoms with van der Waals surface area (Å²) in [5.74, 6) is -0.174. The molecule has 1 aromatic heterocycles. The summed E-state index contributed by atoms with van der Waals surface area (Å²) in [7, 11) is 0. The van der Waals surface area contributed by atoms with Crippen molar-refractivity contribution in [2.45, 2.75) is 39.7 Å². The van der Waals surface area contributed by atoms with E-state index in [2.05, 4.69) is 17.5 Å². The quantitative estimate of drug-likeness (QED) is 0.873. The fraction of sp³-hybridized carbons (Fsp3) is 0.538. The van der Waals surface area contributed by atoms with Gasteiger partial charge in [-0.3, -0.25) is 4.79 Å². The fourth-order valence-corrected chi connectivity index (χ4v) is 2.29. The Morgan fingerprint density at radius 3 is 2.88 bits per heavy atom. The van der Waals surface area contributed by atoms with Gasteiger partial charge in [0.25, 0.3) is 0 Å². The third-order valence-corrected chi connectivity index (χ3v) is 3.82. The van der Waals surface area contributed by atoms with Crippen LogP contribution in [0.4, 0.5) is 0 Å². The first-order valence-electron chi connectivity index (χ1n) is 5.76. The van der Waals surface area contributed by atoms with Gasteiger partial charge in [-0.25, -0.2) is 0 Å². The Morgan fingerprint density at radius 1 is 1.71 bits per heavy atom. The van der Waals surface area contributed by atoms with Gasteiger partial charge in [-0.1, -0.05) is 13.0 Å². The lowest BCUT2D eigenvalue weighted by molar-refractivity contribution is -0.128. The van der Waals surface area contributed by atoms with Gasteiger partial charge in [0.1, 0.15) is 5.41 Å². The van der Waals surface area contributed by atoms with Crippen LogP contribution < -0.4 is 5.32 Å².